The molecule has 0 aliphatic carbocycles. The maximum Gasteiger partial charge on any atom is 0.257 e. The van der Waals surface area contributed by atoms with Crippen LogP contribution in [0, 0.1) is 6.92 Å². The van der Waals surface area contributed by atoms with Crippen LogP contribution < -0.4 is 14.8 Å². The van der Waals surface area contributed by atoms with E-state index in [2.05, 4.69) is 31.1 Å². The van der Waals surface area contributed by atoms with E-state index in [0.29, 0.717) is 29.5 Å². The van der Waals surface area contributed by atoms with Crippen LogP contribution >= 0.6 is 0 Å². The summed E-state index contributed by atoms with van der Waals surface area (Å²) in [6.07, 6.45) is 0.973. The molecule has 3 rings (SSSR count). The Morgan fingerprint density at radius 2 is 1.53 bits per heavy atom. The molecule has 5 heteroatoms. The zero-order valence-corrected chi connectivity index (χ0v) is 17.9. The summed E-state index contributed by atoms with van der Waals surface area (Å²) in [6.45, 7) is 8.80. The average molecular weight is 405 g/mol. The lowest BCUT2D eigenvalue weighted by Crippen LogP contribution is -2.14. The van der Waals surface area contributed by atoms with Gasteiger partial charge in [0.25, 0.3) is 5.91 Å². The monoisotopic (exact) mass is 404 g/mol. The Hall–Kier alpha value is -3.34. The van der Waals surface area contributed by atoms with Crippen LogP contribution in [0.15, 0.2) is 60.7 Å². The van der Waals surface area contributed by atoms with Gasteiger partial charge in [0.2, 0.25) is 0 Å². The highest BCUT2D eigenvalue weighted by atomic mass is 16.5. The molecule has 0 bridgehead atoms. The smallest absolute Gasteiger partial charge is 0.257 e. The van der Waals surface area contributed by atoms with Gasteiger partial charge in [-0.15, -0.1) is 0 Å². The molecule has 0 fully saturated rings. The Kier molecular flexibility index (Phi) is 7.07. The van der Waals surface area contributed by atoms with Crippen molar-refractivity contribution in [3.05, 3.63) is 77.6 Å². The molecule has 1 amide bonds. The normalized spacial score (nSPS) is 10.7. The number of aryl methyl sites for hydroxylation is 1. The van der Waals surface area contributed by atoms with Gasteiger partial charge in [-0.2, -0.15) is 0 Å². The second-order valence-corrected chi connectivity index (χ2v) is 7.42. The van der Waals surface area contributed by atoms with Gasteiger partial charge < -0.3 is 14.8 Å². The molecule has 1 heterocycles. The molecule has 156 valence electrons. The molecule has 0 saturated carbocycles. The van der Waals surface area contributed by atoms with E-state index in [1.165, 1.54) is 0 Å². The van der Waals surface area contributed by atoms with E-state index < -0.39 is 0 Å². The van der Waals surface area contributed by atoms with E-state index in [1.807, 2.05) is 67.6 Å². The van der Waals surface area contributed by atoms with E-state index in [4.69, 9.17) is 9.47 Å². The van der Waals surface area contributed by atoms with Gasteiger partial charge in [-0.3, -0.25) is 9.78 Å². The highest BCUT2D eigenvalue weighted by Gasteiger charge is 2.12. The molecule has 30 heavy (non-hydrogen) atoms. The van der Waals surface area contributed by atoms with Crippen LogP contribution in [0.1, 0.15) is 54.9 Å². The Morgan fingerprint density at radius 3 is 2.10 bits per heavy atom. The minimum Gasteiger partial charge on any atom is -0.494 e. The lowest BCUT2D eigenvalue weighted by Gasteiger charge is -2.11. The molecule has 0 spiro atoms. The summed E-state index contributed by atoms with van der Waals surface area (Å²) in [6, 6.07) is 18.5. The van der Waals surface area contributed by atoms with Crippen molar-refractivity contribution in [1.82, 2.24) is 4.98 Å². The summed E-state index contributed by atoms with van der Waals surface area (Å²) < 4.78 is 11.4. The number of aromatic nitrogens is 1. The number of amides is 1. The molecule has 0 saturated heterocycles. The van der Waals surface area contributed by atoms with Crippen molar-refractivity contribution >= 4 is 11.6 Å². The summed E-state index contributed by atoms with van der Waals surface area (Å²) in [4.78, 5) is 17.1. The van der Waals surface area contributed by atoms with Crippen molar-refractivity contribution in [3.8, 4) is 17.2 Å². The largest absolute Gasteiger partial charge is 0.494 e. The summed E-state index contributed by atoms with van der Waals surface area (Å²) in [5.41, 5.74) is 2.98. The van der Waals surface area contributed by atoms with Crippen molar-refractivity contribution in [1.29, 1.82) is 0 Å². The number of anilines is 1. The second kappa shape index (κ2) is 9.92. The fourth-order valence-corrected chi connectivity index (χ4v) is 2.91. The second-order valence-electron chi connectivity index (χ2n) is 7.42. The number of nitrogens with one attached hydrogen (secondary N) is 1. The van der Waals surface area contributed by atoms with Crippen LogP contribution in [-0.2, 0) is 0 Å². The number of hydrogen-bond donors (Lipinski definition) is 1. The zero-order chi connectivity index (χ0) is 21.5. The minimum atomic E-state index is -0.174. The first-order valence-corrected chi connectivity index (χ1v) is 10.3. The zero-order valence-electron chi connectivity index (χ0n) is 17.9. The van der Waals surface area contributed by atoms with Crippen molar-refractivity contribution in [2.75, 3.05) is 11.9 Å². The van der Waals surface area contributed by atoms with Gasteiger partial charge in [0, 0.05) is 11.4 Å². The molecule has 0 atom stereocenters. The van der Waals surface area contributed by atoms with Crippen molar-refractivity contribution in [2.45, 2.75) is 40.0 Å². The molecule has 0 radical (unpaired) electrons. The summed E-state index contributed by atoms with van der Waals surface area (Å²) in [7, 11) is 0. The maximum absolute atomic E-state index is 12.6. The third-order valence-electron chi connectivity index (χ3n) is 4.59. The maximum atomic E-state index is 12.6. The SMILES string of the molecule is CCCOc1ccc(Oc2ccc(NC(=O)c3ccc(C(C)C)nc3C)cc2)cc1. The Balaban J connectivity index is 1.61. The topological polar surface area (TPSA) is 60.5 Å². The van der Waals surface area contributed by atoms with E-state index in [0.717, 1.165) is 29.3 Å². The highest BCUT2D eigenvalue weighted by molar-refractivity contribution is 6.05. The fraction of sp³-hybridized carbons (Fsp3) is 0.280. The number of pyridine rings is 1. The number of carbonyl (C=O) groups excluding carboxylic acids is 1. The lowest BCUT2D eigenvalue weighted by atomic mass is 10.1. The first-order valence-electron chi connectivity index (χ1n) is 10.3. The first kappa shape index (κ1) is 21.4. The van der Waals surface area contributed by atoms with Crippen molar-refractivity contribution in [3.63, 3.8) is 0 Å². The molecule has 1 aromatic heterocycles. The minimum absolute atomic E-state index is 0.174. The number of benzene rings is 2. The van der Waals surface area contributed by atoms with Crippen LogP contribution in [0.5, 0.6) is 17.2 Å². The highest BCUT2D eigenvalue weighted by Crippen LogP contribution is 2.25. The molecule has 0 aliphatic heterocycles. The van der Waals surface area contributed by atoms with Crippen molar-refractivity contribution < 1.29 is 14.3 Å². The predicted octanol–water partition coefficient (Wildman–Crippen LogP) is 6.35. The Bertz CT molecular complexity index is 980. The number of hydrogen-bond acceptors (Lipinski definition) is 4. The molecule has 5 nitrogen and oxygen atoms in total. The van der Waals surface area contributed by atoms with Gasteiger partial charge in [-0.05, 0) is 79.9 Å². The molecule has 2 aromatic carbocycles. The predicted molar refractivity (Wildman–Crippen MR) is 120 cm³/mol. The first-order chi connectivity index (χ1) is 14.5. The summed E-state index contributed by atoms with van der Waals surface area (Å²) >= 11 is 0. The van der Waals surface area contributed by atoms with Crippen LogP contribution in [0.2, 0.25) is 0 Å². The summed E-state index contributed by atoms with van der Waals surface area (Å²) in [5.74, 6) is 2.39. The van der Waals surface area contributed by atoms with Crippen molar-refractivity contribution in [2.24, 2.45) is 0 Å². The Labute approximate surface area is 178 Å². The average Bonchev–Trinajstić information content (AvgIpc) is 2.74. The lowest BCUT2D eigenvalue weighted by molar-refractivity contribution is 0.102. The third kappa shape index (κ3) is 5.60. The molecule has 0 aliphatic rings. The van der Waals surface area contributed by atoms with Crippen LogP contribution in [0.4, 0.5) is 5.69 Å². The number of carbonyl (C=O) groups is 1. The molecule has 0 unspecified atom stereocenters. The summed E-state index contributed by atoms with van der Waals surface area (Å²) in [5, 5.41) is 2.91. The van der Waals surface area contributed by atoms with Crippen LogP contribution in [-0.4, -0.2) is 17.5 Å². The van der Waals surface area contributed by atoms with Gasteiger partial charge >= 0.3 is 0 Å². The van der Waals surface area contributed by atoms with E-state index in [9.17, 15) is 4.79 Å². The van der Waals surface area contributed by atoms with E-state index in [1.54, 1.807) is 0 Å². The number of rotatable bonds is 8. The van der Waals surface area contributed by atoms with Gasteiger partial charge in [0.05, 0.1) is 17.9 Å². The third-order valence-corrected chi connectivity index (χ3v) is 4.59. The number of nitrogens with zero attached hydrogens (tertiary/aromatic N) is 1. The van der Waals surface area contributed by atoms with E-state index in [-0.39, 0.29) is 5.91 Å². The van der Waals surface area contributed by atoms with Crippen LogP contribution in [0.25, 0.3) is 0 Å². The van der Waals surface area contributed by atoms with E-state index >= 15 is 0 Å². The Morgan fingerprint density at radius 1 is 0.933 bits per heavy atom. The van der Waals surface area contributed by atoms with Gasteiger partial charge in [0.15, 0.2) is 0 Å². The van der Waals surface area contributed by atoms with Gasteiger partial charge in [0.1, 0.15) is 17.2 Å². The molecular weight excluding hydrogens is 376 g/mol. The molecular formula is C25H28N2O3. The van der Waals surface area contributed by atoms with Gasteiger partial charge in [-0.25, -0.2) is 0 Å². The number of ether oxygens (including phenoxy) is 2. The molecule has 3 aromatic rings. The van der Waals surface area contributed by atoms with Crippen LogP contribution in [0.3, 0.4) is 0 Å². The molecule has 1 N–H and O–H groups in total. The van der Waals surface area contributed by atoms with Gasteiger partial charge in [-0.1, -0.05) is 20.8 Å². The quantitative estimate of drug-likeness (QED) is 0.475. The standard InChI is InChI=1S/C25H28N2O3/c1-5-16-29-20-10-12-22(13-11-20)30-21-8-6-19(7-9-21)27-25(28)23-14-15-24(17(2)3)26-18(23)4/h6-15,17H,5,16H2,1-4H3,(H,27,28). The fourth-order valence-electron chi connectivity index (χ4n) is 2.91.